The molecular weight excluding hydrogens is 839 g/mol. The first-order chi connectivity index (χ1) is 32.2. The van der Waals surface area contributed by atoms with Crippen LogP contribution in [0.25, 0.3) is 38.7 Å². The van der Waals surface area contributed by atoms with Gasteiger partial charge >= 0.3 is 12.2 Å². The van der Waals surface area contributed by atoms with Crippen molar-refractivity contribution in [3.63, 3.8) is 0 Å². The molecule has 15 nitrogen and oxygen atoms in total. The molecule has 344 valence electrons. The molecular formula is C51H57N7O8. The Balaban J connectivity index is 0.746. The minimum atomic E-state index is -0.673. The van der Waals surface area contributed by atoms with E-state index in [9.17, 15) is 19.2 Å². The van der Waals surface area contributed by atoms with Gasteiger partial charge in [0, 0.05) is 62.4 Å². The highest BCUT2D eigenvalue weighted by atomic mass is 16.5. The summed E-state index contributed by atoms with van der Waals surface area (Å²) < 4.78 is 21.0. The van der Waals surface area contributed by atoms with Crippen molar-refractivity contribution in [3.05, 3.63) is 84.4 Å². The van der Waals surface area contributed by atoms with Crippen molar-refractivity contribution in [1.82, 2.24) is 30.4 Å². The third-order valence-corrected chi connectivity index (χ3v) is 15.4. The first-order valence-electron chi connectivity index (χ1n) is 23.7. The van der Waals surface area contributed by atoms with Gasteiger partial charge in [0.2, 0.25) is 11.8 Å². The Morgan fingerprint density at radius 1 is 0.667 bits per heavy atom. The molecule has 6 heterocycles. The number of aromatic nitrogens is 2. The number of aromatic amines is 1. The van der Waals surface area contributed by atoms with Gasteiger partial charge in [-0.1, -0.05) is 48.5 Å². The summed E-state index contributed by atoms with van der Waals surface area (Å²) in [5, 5.41) is 7.97. The molecule has 3 N–H and O–H groups in total. The molecule has 4 saturated heterocycles. The van der Waals surface area contributed by atoms with E-state index < -0.39 is 24.3 Å². The second kappa shape index (κ2) is 17.6. The summed E-state index contributed by atoms with van der Waals surface area (Å²) in [6, 6.07) is 20.3. The highest BCUT2D eigenvalue weighted by molar-refractivity contribution is 6.04. The molecule has 7 aliphatic rings. The molecule has 4 amide bonds. The van der Waals surface area contributed by atoms with Crippen molar-refractivity contribution in [3.8, 4) is 22.4 Å². The van der Waals surface area contributed by atoms with Crippen LogP contribution in [0.4, 0.5) is 9.59 Å². The smallest absolute Gasteiger partial charge is 0.407 e. The number of H-pyrrole nitrogens is 1. The number of benzene rings is 3. The van der Waals surface area contributed by atoms with Gasteiger partial charge < -0.3 is 44.4 Å². The minimum Gasteiger partial charge on any atom is -0.453 e. The molecule has 0 radical (unpaired) electrons. The van der Waals surface area contributed by atoms with Crippen LogP contribution >= 0.6 is 0 Å². The van der Waals surface area contributed by atoms with Gasteiger partial charge in [-0.25, -0.2) is 14.6 Å². The fourth-order valence-corrected chi connectivity index (χ4v) is 11.6. The molecule has 4 aromatic rings. The second-order valence-electron chi connectivity index (χ2n) is 19.2. The maximum atomic E-state index is 14.3. The molecule has 8 atom stereocenters. The molecule has 3 aromatic carbocycles. The summed E-state index contributed by atoms with van der Waals surface area (Å²) in [5.74, 6) is 1.55. The normalized spacial score (nSPS) is 26.8. The largest absolute Gasteiger partial charge is 0.453 e. The van der Waals surface area contributed by atoms with E-state index in [-0.39, 0.29) is 47.8 Å². The van der Waals surface area contributed by atoms with Gasteiger partial charge in [-0.2, -0.15) is 0 Å². The molecule has 6 fully saturated rings. The Bertz CT molecular complexity index is 2600. The number of methoxy groups -OCH3 is 2. The lowest BCUT2D eigenvalue weighted by molar-refractivity contribution is -0.138. The van der Waals surface area contributed by atoms with Crippen LogP contribution in [0.1, 0.15) is 75.2 Å². The van der Waals surface area contributed by atoms with Crippen LogP contribution in [0, 0.1) is 23.7 Å². The van der Waals surface area contributed by atoms with Crippen molar-refractivity contribution < 1.29 is 38.1 Å². The van der Waals surface area contributed by atoms with E-state index >= 15 is 0 Å². The fourth-order valence-electron chi connectivity index (χ4n) is 11.6. The number of piperidine rings is 2. The van der Waals surface area contributed by atoms with E-state index in [1.54, 1.807) is 0 Å². The van der Waals surface area contributed by atoms with Crippen molar-refractivity contribution >= 4 is 46.1 Å². The predicted molar refractivity (Wildman–Crippen MR) is 246 cm³/mol. The summed E-state index contributed by atoms with van der Waals surface area (Å²) >= 11 is 0. The van der Waals surface area contributed by atoms with Crippen LogP contribution in [0.2, 0.25) is 0 Å². The number of nitrogens with one attached hydrogen (secondary N) is 3. The van der Waals surface area contributed by atoms with Crippen LogP contribution < -0.4 is 10.6 Å². The number of allylic oxidation sites excluding steroid dienone is 1. The van der Waals surface area contributed by atoms with Crippen LogP contribution in [0.5, 0.6) is 0 Å². The van der Waals surface area contributed by atoms with Crippen molar-refractivity contribution in [2.24, 2.45) is 28.7 Å². The summed E-state index contributed by atoms with van der Waals surface area (Å²) in [5.41, 5.74) is 7.38. The lowest BCUT2D eigenvalue weighted by Crippen LogP contribution is -2.56. The number of imidazole rings is 1. The number of hydrogen-bond donors (Lipinski definition) is 3. The quantitative estimate of drug-likeness (QED) is 0.143. The summed E-state index contributed by atoms with van der Waals surface area (Å²) in [4.78, 5) is 70.6. The number of carbonyl (C=O) groups is 4. The lowest BCUT2D eigenvalue weighted by atomic mass is 9.90. The number of fused-ring (bicyclic) bond motifs is 3. The summed E-state index contributed by atoms with van der Waals surface area (Å²) in [7, 11) is 2.66. The van der Waals surface area contributed by atoms with E-state index in [1.807, 2.05) is 22.2 Å². The molecule has 2 aliphatic carbocycles. The van der Waals surface area contributed by atoms with Crippen LogP contribution in [-0.2, 0) is 28.5 Å². The first-order valence-corrected chi connectivity index (χ1v) is 23.7. The highest BCUT2D eigenvalue weighted by Crippen LogP contribution is 2.54. The maximum Gasteiger partial charge on any atom is 0.407 e. The standard InChI is InChI=1S/C51H57N7O8/c1-63-50(61)55-45(30-11-15-65-16-12-30)48(59)57-41-22-36(41)24-43(57)39-21-38(26-52-39)29-5-3-28(4-6-29)32-7-8-34-20-35(10-9-33(34)19-32)40-27-53-47(54-40)44-25-37-23-42(37)58(44)49(60)46(56-51(62)64-2)31-13-17-66-18-14-31/h3-10,19-20,26-27,30-31,36-37,41-46H,11-18,21-25H2,1-2H3,(H,53,54)(H,55,61)(H,56,62)/t36-,37-,41-,42-,43+,44+,45+,46+/m1/s1. The van der Waals surface area contributed by atoms with Crippen LogP contribution in [0.15, 0.2) is 78.1 Å². The van der Waals surface area contributed by atoms with Gasteiger partial charge in [-0.15, -0.1) is 0 Å². The van der Waals surface area contributed by atoms with Crippen LogP contribution in [-0.4, -0.2) is 120 Å². The average molecular weight is 896 g/mol. The maximum absolute atomic E-state index is 14.3. The Morgan fingerprint density at radius 2 is 1.18 bits per heavy atom. The lowest BCUT2D eigenvalue weighted by Gasteiger charge is -2.36. The molecule has 0 bridgehead atoms. The average Bonchev–Trinajstić information content (AvgIpc) is 3.94. The van der Waals surface area contributed by atoms with E-state index in [1.165, 1.54) is 14.2 Å². The number of ether oxygens (including phenoxy) is 4. The van der Waals surface area contributed by atoms with Gasteiger partial charge in [-0.3, -0.25) is 14.6 Å². The Kier molecular flexibility index (Phi) is 11.4. The molecule has 1 aromatic heterocycles. The van der Waals surface area contributed by atoms with Gasteiger partial charge in [0.05, 0.1) is 38.2 Å². The Labute approximate surface area is 383 Å². The van der Waals surface area contributed by atoms with E-state index in [2.05, 4.69) is 76.3 Å². The number of rotatable bonds is 11. The van der Waals surface area contributed by atoms with Gasteiger partial charge in [-0.05, 0) is 120 Å². The SMILES string of the molecule is COC(=O)N[C@H](C(=O)N1[C@@H]2C[C@@H]2C[C@H]1C1=NC=C(c2ccc(-c3ccc4cc(-c5cnc([C@@H]6C[C@H]7C[C@H]7N6C(=O)[C@@H](NC(=O)OC)C6CCOCC6)[nH]5)ccc4c3)cc2)C1)C1CCOCC1. The molecule has 11 rings (SSSR count). The zero-order valence-corrected chi connectivity index (χ0v) is 37.4. The molecule has 0 unspecified atom stereocenters. The summed E-state index contributed by atoms with van der Waals surface area (Å²) in [6.45, 7) is 2.29. The number of aliphatic imine (C=N–C) groups is 1. The van der Waals surface area contributed by atoms with Crippen LogP contribution in [0.3, 0.4) is 0 Å². The number of hydrogen-bond acceptors (Lipinski definition) is 10. The third-order valence-electron chi connectivity index (χ3n) is 15.4. The third kappa shape index (κ3) is 8.14. The Morgan fingerprint density at radius 3 is 1.77 bits per heavy atom. The number of likely N-dealkylation sites (tertiary alicyclic amines) is 2. The number of nitrogens with zero attached hydrogens (tertiary/aromatic N) is 4. The minimum absolute atomic E-state index is 0.000703. The zero-order chi connectivity index (χ0) is 45.1. The van der Waals surface area contributed by atoms with Crippen molar-refractivity contribution in [2.45, 2.75) is 94.0 Å². The predicted octanol–water partition coefficient (Wildman–Crippen LogP) is 7.04. The number of carbonyl (C=O) groups excluding carboxylic acids is 4. The van der Waals surface area contributed by atoms with E-state index in [4.69, 9.17) is 28.9 Å². The van der Waals surface area contributed by atoms with Crippen molar-refractivity contribution in [1.29, 1.82) is 0 Å². The van der Waals surface area contributed by atoms with Crippen molar-refractivity contribution in [2.75, 3.05) is 40.6 Å². The highest BCUT2D eigenvalue weighted by Gasteiger charge is 2.58. The zero-order valence-electron chi connectivity index (χ0n) is 37.4. The fraction of sp³-hybridized carbons (Fsp3) is 0.490. The monoisotopic (exact) mass is 895 g/mol. The Hall–Kier alpha value is -6.06. The molecule has 2 saturated carbocycles. The topological polar surface area (TPSA) is 177 Å². The number of alkyl carbamates (subject to hydrolysis) is 2. The molecule has 66 heavy (non-hydrogen) atoms. The van der Waals surface area contributed by atoms with Gasteiger partial charge in [0.1, 0.15) is 17.9 Å². The second-order valence-corrected chi connectivity index (χ2v) is 19.2. The number of amides is 4. The molecule has 5 aliphatic heterocycles. The van der Waals surface area contributed by atoms with E-state index in [0.29, 0.717) is 57.5 Å². The first kappa shape index (κ1) is 42.6. The molecule has 15 heteroatoms. The van der Waals surface area contributed by atoms with E-state index in [0.717, 1.165) is 94.4 Å². The van der Waals surface area contributed by atoms with Gasteiger partial charge in [0.15, 0.2) is 0 Å². The summed E-state index contributed by atoms with van der Waals surface area (Å²) in [6.07, 6.45) is 9.87. The van der Waals surface area contributed by atoms with Gasteiger partial charge in [0.25, 0.3) is 0 Å². The molecule has 0 spiro atoms.